The lowest BCUT2D eigenvalue weighted by atomic mass is 9.86. The highest BCUT2D eigenvalue weighted by Gasteiger charge is 2.45. The summed E-state index contributed by atoms with van der Waals surface area (Å²) < 4.78 is 0. The summed E-state index contributed by atoms with van der Waals surface area (Å²) in [4.78, 5) is 25.5. The van der Waals surface area contributed by atoms with Crippen molar-refractivity contribution < 1.29 is 4.84 Å². The monoisotopic (exact) mass is 727 g/mol. The molecule has 6 nitrogen and oxygen atoms in total. The predicted octanol–water partition coefficient (Wildman–Crippen LogP) is 12.9. The number of unbranched alkanes of at least 4 members (excludes halogenated alkanes) is 2. The molecular weight excluding hydrogens is 687 g/mol. The number of benzene rings is 4. The molecule has 3 aliphatic rings. The van der Waals surface area contributed by atoms with Crippen molar-refractivity contribution in [1.82, 2.24) is 19.9 Å². The topological polar surface area (TPSA) is 79.0 Å². The fourth-order valence-electron chi connectivity index (χ4n) is 8.55. The summed E-state index contributed by atoms with van der Waals surface area (Å²) in [6.07, 6.45) is 8.09. The maximum Gasteiger partial charge on any atom is 0.183 e. The third-order valence-corrected chi connectivity index (χ3v) is 11.2. The zero-order chi connectivity index (χ0) is 37.4. The number of nitrogens with zero attached hydrogens (tertiary/aromatic N) is 3. The van der Waals surface area contributed by atoms with Crippen LogP contribution in [0.4, 0.5) is 0 Å². The molecule has 0 saturated heterocycles. The van der Waals surface area contributed by atoms with Crippen LogP contribution in [0.2, 0.25) is 0 Å². The van der Waals surface area contributed by atoms with Gasteiger partial charge in [0.15, 0.2) is 6.10 Å². The van der Waals surface area contributed by atoms with Gasteiger partial charge in [-0.1, -0.05) is 146 Å². The summed E-state index contributed by atoms with van der Waals surface area (Å²) in [5, 5.41) is 4.86. The summed E-state index contributed by atoms with van der Waals surface area (Å²) in [7, 11) is 0. The van der Waals surface area contributed by atoms with Crippen LogP contribution in [0.25, 0.3) is 78.7 Å². The van der Waals surface area contributed by atoms with Gasteiger partial charge in [-0.25, -0.2) is 4.98 Å². The Balaban J connectivity index is 1.39. The summed E-state index contributed by atoms with van der Waals surface area (Å²) in [5.74, 6) is -0.143. The molecule has 3 aromatic heterocycles. The maximum atomic E-state index is 6.54. The van der Waals surface area contributed by atoms with Gasteiger partial charge < -0.3 is 14.8 Å². The molecule has 2 atom stereocenters. The van der Waals surface area contributed by atoms with Crippen LogP contribution in [0.3, 0.4) is 0 Å². The van der Waals surface area contributed by atoms with Crippen molar-refractivity contribution in [3.8, 4) is 44.5 Å². The number of hydrogen-bond acceptors (Lipinski definition) is 4. The molecule has 0 fully saturated rings. The second kappa shape index (κ2) is 14.5. The Labute approximate surface area is 326 Å². The SMILES string of the molecule is CCCCCC1=NO[C@H]2c3nc(c(-c4ccccc4)c4ccc([nH]4)c(-c4ccccc4)c4nc(c(-c5ccccc5)c5ccc([nH]5)c3-c3ccccc3)C=C4)[C@@H]12. The summed E-state index contributed by atoms with van der Waals surface area (Å²) in [6.45, 7) is 2.24. The van der Waals surface area contributed by atoms with Crippen molar-refractivity contribution in [2.75, 3.05) is 0 Å². The van der Waals surface area contributed by atoms with Gasteiger partial charge in [0.1, 0.15) is 0 Å². The standard InChI is InChI=1S/C50H41N5O/c1-2-3-8-25-42-47-48-45(34-21-13-6-14-22-34)40-30-28-38(52-40)43(32-17-9-4-10-18-32)36-26-27-37(51-36)44(33-19-11-5-12-20-33)39-29-31-41(53-39)46(35-23-15-7-16-24-35)49(54-48)50(47)56-55-42/h4-7,9-24,26-31,47,50,52-53H,2-3,8,25H2,1H3/t47-,50-/m1/s1. The summed E-state index contributed by atoms with van der Waals surface area (Å²) >= 11 is 0. The van der Waals surface area contributed by atoms with Crippen LogP contribution in [-0.2, 0) is 4.84 Å². The molecule has 0 aliphatic carbocycles. The number of H-pyrrole nitrogens is 2. The molecule has 0 unspecified atom stereocenters. The molecule has 2 N–H and O–H groups in total. The highest BCUT2D eigenvalue weighted by molar-refractivity contribution is 6.00. The van der Waals surface area contributed by atoms with Gasteiger partial charge in [-0.3, -0.25) is 4.98 Å². The number of aromatic amines is 2. The molecule has 4 aromatic carbocycles. The van der Waals surface area contributed by atoms with E-state index in [1.807, 2.05) is 0 Å². The Hall–Kier alpha value is -6.79. The third kappa shape index (κ3) is 5.95. The minimum absolute atomic E-state index is 0.143. The molecule has 0 radical (unpaired) electrons. The van der Waals surface area contributed by atoms with Crippen molar-refractivity contribution in [3.05, 3.63) is 168 Å². The predicted molar refractivity (Wildman–Crippen MR) is 230 cm³/mol. The second-order valence-corrected chi connectivity index (χ2v) is 14.7. The minimum atomic E-state index is -0.379. The van der Waals surface area contributed by atoms with E-state index in [0.717, 1.165) is 121 Å². The Morgan fingerprint density at radius 1 is 0.482 bits per heavy atom. The lowest BCUT2D eigenvalue weighted by Gasteiger charge is -2.15. The van der Waals surface area contributed by atoms with Gasteiger partial charge in [0, 0.05) is 44.3 Å². The molecule has 272 valence electrons. The first-order valence-electron chi connectivity index (χ1n) is 19.7. The first-order valence-corrected chi connectivity index (χ1v) is 19.7. The Morgan fingerprint density at radius 3 is 1.38 bits per heavy atom. The van der Waals surface area contributed by atoms with Gasteiger partial charge in [0.25, 0.3) is 0 Å². The van der Waals surface area contributed by atoms with Gasteiger partial charge in [-0.05, 0) is 71.5 Å². The van der Waals surface area contributed by atoms with Gasteiger partial charge in [-0.15, -0.1) is 0 Å². The van der Waals surface area contributed by atoms with E-state index in [2.05, 4.69) is 175 Å². The van der Waals surface area contributed by atoms with E-state index in [4.69, 9.17) is 20.0 Å². The minimum Gasteiger partial charge on any atom is -0.385 e. The first-order chi connectivity index (χ1) is 27.7. The molecule has 7 aromatic rings. The van der Waals surface area contributed by atoms with E-state index in [1.165, 1.54) is 0 Å². The third-order valence-electron chi connectivity index (χ3n) is 11.2. The number of aromatic nitrogens is 4. The molecule has 10 rings (SSSR count). The Bertz CT molecular complexity index is 2780. The van der Waals surface area contributed by atoms with Crippen LogP contribution >= 0.6 is 0 Å². The van der Waals surface area contributed by atoms with E-state index in [0.29, 0.717) is 0 Å². The first kappa shape index (κ1) is 33.8. The normalized spacial score (nSPS) is 15.7. The average Bonchev–Trinajstić information content (AvgIpc) is 4.11. The molecule has 3 aliphatic heterocycles. The van der Waals surface area contributed by atoms with Crippen LogP contribution in [0.1, 0.15) is 67.4 Å². The van der Waals surface area contributed by atoms with Crippen LogP contribution in [0.15, 0.2) is 151 Å². The van der Waals surface area contributed by atoms with E-state index >= 15 is 0 Å². The Kier molecular flexibility index (Phi) is 8.71. The molecule has 8 bridgehead atoms. The second-order valence-electron chi connectivity index (χ2n) is 14.7. The lowest BCUT2D eigenvalue weighted by molar-refractivity contribution is 0.0800. The van der Waals surface area contributed by atoms with Crippen molar-refractivity contribution in [2.45, 2.75) is 44.6 Å². The molecule has 6 heterocycles. The van der Waals surface area contributed by atoms with E-state index in [9.17, 15) is 0 Å². The van der Waals surface area contributed by atoms with Crippen molar-refractivity contribution in [3.63, 3.8) is 0 Å². The van der Waals surface area contributed by atoms with Gasteiger partial charge in [0.2, 0.25) is 0 Å². The van der Waals surface area contributed by atoms with E-state index < -0.39 is 0 Å². The largest absolute Gasteiger partial charge is 0.385 e. The number of oxime groups is 1. The van der Waals surface area contributed by atoms with Crippen LogP contribution in [0, 0.1) is 0 Å². The van der Waals surface area contributed by atoms with Crippen LogP contribution in [0.5, 0.6) is 0 Å². The van der Waals surface area contributed by atoms with Crippen molar-refractivity contribution in [1.29, 1.82) is 0 Å². The highest BCUT2D eigenvalue weighted by atomic mass is 16.6. The Morgan fingerprint density at radius 2 is 0.911 bits per heavy atom. The van der Waals surface area contributed by atoms with E-state index in [-0.39, 0.29) is 12.0 Å². The lowest BCUT2D eigenvalue weighted by Crippen LogP contribution is -2.12. The highest BCUT2D eigenvalue weighted by Crippen LogP contribution is 2.50. The molecule has 6 heteroatoms. The van der Waals surface area contributed by atoms with E-state index in [1.54, 1.807) is 0 Å². The zero-order valence-electron chi connectivity index (χ0n) is 31.2. The summed E-state index contributed by atoms with van der Waals surface area (Å²) in [6, 6.07) is 51.0. The molecular formula is C50H41N5O. The quantitative estimate of drug-likeness (QED) is 0.153. The fourth-order valence-corrected chi connectivity index (χ4v) is 8.55. The number of hydrogen-bond donors (Lipinski definition) is 2. The zero-order valence-corrected chi connectivity index (χ0v) is 31.2. The molecule has 0 spiro atoms. The molecule has 56 heavy (non-hydrogen) atoms. The van der Waals surface area contributed by atoms with Crippen LogP contribution in [-0.4, -0.2) is 25.6 Å². The number of nitrogens with one attached hydrogen (secondary N) is 2. The molecule has 0 saturated carbocycles. The maximum absolute atomic E-state index is 6.54. The van der Waals surface area contributed by atoms with Gasteiger partial charge in [-0.2, -0.15) is 0 Å². The number of fused-ring (bicyclic) bond motifs is 11. The summed E-state index contributed by atoms with van der Waals surface area (Å²) in [5.41, 5.74) is 17.0. The average molecular weight is 728 g/mol. The van der Waals surface area contributed by atoms with Crippen LogP contribution < -0.4 is 0 Å². The van der Waals surface area contributed by atoms with Crippen molar-refractivity contribution >= 4 is 39.9 Å². The smallest absolute Gasteiger partial charge is 0.183 e. The van der Waals surface area contributed by atoms with Gasteiger partial charge in [0.05, 0.1) is 34.4 Å². The fraction of sp³-hybridized carbons (Fsp3) is 0.140. The molecule has 0 amide bonds. The van der Waals surface area contributed by atoms with Crippen molar-refractivity contribution in [2.24, 2.45) is 5.16 Å². The number of rotatable bonds is 8. The van der Waals surface area contributed by atoms with Gasteiger partial charge >= 0.3 is 0 Å².